The summed E-state index contributed by atoms with van der Waals surface area (Å²) in [6.45, 7) is -0.347. The van der Waals surface area contributed by atoms with E-state index in [1.807, 2.05) is 12.1 Å². The summed E-state index contributed by atoms with van der Waals surface area (Å²) in [5.74, 6) is 2.00. The van der Waals surface area contributed by atoms with E-state index in [4.69, 9.17) is 41.3 Å². The van der Waals surface area contributed by atoms with Gasteiger partial charge >= 0.3 is 11.9 Å². The van der Waals surface area contributed by atoms with E-state index in [1.54, 1.807) is 60.7 Å². The number of amides is 4. The van der Waals surface area contributed by atoms with Gasteiger partial charge in [0.25, 0.3) is 23.6 Å². The first-order chi connectivity index (χ1) is 34.0. The molecule has 16 nitrogen and oxygen atoms in total. The third-order valence-corrected chi connectivity index (χ3v) is 11.3. The lowest BCUT2D eigenvalue weighted by Crippen LogP contribution is -2.29. The standard InChI is InChI=1S/C54H44N2O14.CH4/c1-3-21-67-39-15-19-41-33(25-39)9-7-11-47(41)55-49(59)43-17-13-35(27-45(43)51(55)61)53(63)69-31-37(57)29-65-23-5-6-24-66-30-38(58)32-70-54(64)36-14-18-44-46(28-36)52(62)56(50(44)60)48-12-8-10-34-26-40(68-22-4-2)16-20-42(34)48;/h1-2,7-20,25-28,37-38,57-58H,5-6,21-24,29-32H2;1H4. The molecule has 0 fully saturated rings. The molecule has 0 aromatic heterocycles. The number of hydrogen-bond acceptors (Lipinski definition) is 14. The van der Waals surface area contributed by atoms with Crippen molar-refractivity contribution in [2.24, 2.45) is 0 Å². The zero-order valence-corrected chi connectivity index (χ0v) is 37.5. The van der Waals surface area contributed by atoms with Gasteiger partial charge in [0, 0.05) is 24.0 Å². The van der Waals surface area contributed by atoms with Crippen LogP contribution >= 0.6 is 0 Å². The summed E-state index contributed by atoms with van der Waals surface area (Å²) in [7, 11) is 0. The van der Waals surface area contributed by atoms with E-state index >= 15 is 0 Å². The lowest BCUT2D eigenvalue weighted by molar-refractivity contribution is -0.0182. The summed E-state index contributed by atoms with van der Waals surface area (Å²) in [6.07, 6.45) is 9.38. The molecule has 4 amide bonds. The number of anilines is 2. The molecular formula is C55H48N2O14. The summed E-state index contributed by atoms with van der Waals surface area (Å²) in [6, 6.07) is 28.9. The van der Waals surface area contributed by atoms with Crippen LogP contribution in [0.4, 0.5) is 11.4 Å². The molecule has 2 N–H and O–H groups in total. The molecule has 2 aliphatic rings. The topological polar surface area (TPSA) is 205 Å². The minimum Gasteiger partial charge on any atom is -0.481 e. The SMILES string of the molecule is C.C#CCOc1ccc2c(N3C(=O)c4ccc(C(=O)OCC(O)COCCCCOCC(O)COC(=O)c5ccc6c(c5)C(=O)N(c5cccc7cc(OCC#C)ccc57)C6=O)cc4C3=O)cccc2c1. The molecule has 362 valence electrons. The predicted molar refractivity (Wildman–Crippen MR) is 262 cm³/mol. The lowest BCUT2D eigenvalue weighted by atomic mass is 10.1. The predicted octanol–water partition coefficient (Wildman–Crippen LogP) is 6.80. The number of aliphatic hydroxyl groups excluding tert-OH is 2. The Bertz CT molecular complexity index is 2920. The van der Waals surface area contributed by atoms with Gasteiger partial charge in [-0.2, -0.15) is 0 Å². The van der Waals surface area contributed by atoms with Crippen molar-refractivity contribution in [3.05, 3.63) is 143 Å². The van der Waals surface area contributed by atoms with E-state index in [9.17, 15) is 39.0 Å². The number of hydrogen-bond donors (Lipinski definition) is 2. The molecule has 0 aliphatic carbocycles. The monoisotopic (exact) mass is 960 g/mol. The van der Waals surface area contributed by atoms with Gasteiger partial charge in [0.1, 0.15) is 50.1 Å². The minimum absolute atomic E-state index is 0. The maximum atomic E-state index is 13.6. The van der Waals surface area contributed by atoms with Gasteiger partial charge in [-0.3, -0.25) is 19.2 Å². The third-order valence-electron chi connectivity index (χ3n) is 11.3. The highest BCUT2D eigenvalue weighted by atomic mass is 16.6. The van der Waals surface area contributed by atoms with Crippen molar-refractivity contribution >= 4 is 68.5 Å². The molecule has 0 saturated heterocycles. The second-order valence-electron chi connectivity index (χ2n) is 16.1. The molecule has 8 rings (SSSR count). The molecule has 2 atom stereocenters. The fourth-order valence-corrected chi connectivity index (χ4v) is 7.94. The van der Waals surface area contributed by atoms with Crippen LogP contribution in [0.5, 0.6) is 11.5 Å². The maximum absolute atomic E-state index is 13.6. The Morgan fingerprint density at radius 1 is 0.521 bits per heavy atom. The zero-order valence-electron chi connectivity index (χ0n) is 37.5. The van der Waals surface area contributed by atoms with Crippen LogP contribution in [0.2, 0.25) is 0 Å². The maximum Gasteiger partial charge on any atom is 0.338 e. The lowest BCUT2D eigenvalue weighted by Gasteiger charge is -2.17. The number of unbranched alkanes of at least 4 members (excludes halogenated alkanes) is 1. The van der Waals surface area contributed by atoms with Crippen molar-refractivity contribution in [1.82, 2.24) is 0 Å². The van der Waals surface area contributed by atoms with Gasteiger partial charge < -0.3 is 38.6 Å². The van der Waals surface area contributed by atoms with Crippen LogP contribution in [0.25, 0.3) is 21.5 Å². The highest BCUT2D eigenvalue weighted by molar-refractivity contribution is 6.37. The van der Waals surface area contributed by atoms with Crippen LogP contribution in [0.3, 0.4) is 0 Å². The molecule has 2 heterocycles. The van der Waals surface area contributed by atoms with Crippen LogP contribution in [-0.2, 0) is 18.9 Å². The molecule has 0 saturated carbocycles. The van der Waals surface area contributed by atoms with E-state index in [0.717, 1.165) is 20.6 Å². The highest BCUT2D eigenvalue weighted by Gasteiger charge is 2.39. The Morgan fingerprint density at radius 3 is 1.34 bits per heavy atom. The van der Waals surface area contributed by atoms with Crippen molar-refractivity contribution < 1.29 is 67.4 Å². The normalized spacial score (nSPS) is 13.5. The summed E-state index contributed by atoms with van der Waals surface area (Å²) in [5, 5.41) is 23.5. The van der Waals surface area contributed by atoms with E-state index in [-0.39, 0.29) is 93.7 Å². The van der Waals surface area contributed by atoms with Gasteiger partial charge in [-0.15, -0.1) is 12.8 Å². The molecule has 0 bridgehead atoms. The van der Waals surface area contributed by atoms with E-state index in [1.165, 1.54) is 36.4 Å². The fourth-order valence-electron chi connectivity index (χ4n) is 7.94. The number of aliphatic hydroxyl groups is 2. The summed E-state index contributed by atoms with van der Waals surface area (Å²) in [5.41, 5.74) is 1.13. The number of carbonyl (C=O) groups excluding carboxylic acids is 6. The Morgan fingerprint density at radius 2 is 0.930 bits per heavy atom. The first-order valence-corrected chi connectivity index (χ1v) is 22.1. The molecule has 71 heavy (non-hydrogen) atoms. The third kappa shape index (κ3) is 11.1. The molecule has 2 unspecified atom stereocenters. The van der Waals surface area contributed by atoms with Crippen LogP contribution in [0.1, 0.15) is 82.4 Å². The Labute approximate surface area is 408 Å². The largest absolute Gasteiger partial charge is 0.481 e. The van der Waals surface area contributed by atoms with Gasteiger partial charge in [0.2, 0.25) is 0 Å². The number of imide groups is 2. The van der Waals surface area contributed by atoms with Crippen LogP contribution < -0.4 is 19.3 Å². The van der Waals surface area contributed by atoms with Gasteiger partial charge in [0.05, 0.1) is 58.0 Å². The number of rotatable bonds is 21. The average molecular weight is 961 g/mol. The van der Waals surface area contributed by atoms with E-state index in [2.05, 4.69) is 11.8 Å². The number of nitrogens with zero attached hydrogens (tertiary/aromatic N) is 2. The van der Waals surface area contributed by atoms with Gasteiger partial charge in [-0.1, -0.05) is 43.5 Å². The van der Waals surface area contributed by atoms with Crippen molar-refractivity contribution in [2.75, 3.05) is 62.7 Å². The zero-order chi connectivity index (χ0) is 49.3. The Balaban J connectivity index is 0.00000741. The van der Waals surface area contributed by atoms with E-state index in [0.29, 0.717) is 46.5 Å². The number of terminal acetylenes is 2. The van der Waals surface area contributed by atoms with Crippen molar-refractivity contribution in [1.29, 1.82) is 0 Å². The van der Waals surface area contributed by atoms with Gasteiger partial charge in [-0.05, 0) is 109 Å². The summed E-state index contributed by atoms with van der Waals surface area (Å²) in [4.78, 5) is 81.9. The van der Waals surface area contributed by atoms with E-state index < -0.39 is 47.8 Å². The molecule has 0 radical (unpaired) electrons. The highest BCUT2D eigenvalue weighted by Crippen LogP contribution is 2.37. The second-order valence-corrected chi connectivity index (χ2v) is 16.1. The van der Waals surface area contributed by atoms with Crippen LogP contribution in [-0.4, -0.2) is 111 Å². The fraction of sp³-hybridized carbons (Fsp3) is 0.236. The summed E-state index contributed by atoms with van der Waals surface area (Å²) < 4.78 is 32.5. The number of fused-ring (bicyclic) bond motifs is 4. The second kappa shape index (κ2) is 22.8. The van der Waals surface area contributed by atoms with Crippen molar-refractivity contribution in [2.45, 2.75) is 32.5 Å². The van der Waals surface area contributed by atoms with Crippen LogP contribution in [0.15, 0.2) is 109 Å². The average Bonchev–Trinajstić information content (AvgIpc) is 3.78. The van der Waals surface area contributed by atoms with Crippen molar-refractivity contribution in [3.63, 3.8) is 0 Å². The first kappa shape index (κ1) is 50.5. The smallest absolute Gasteiger partial charge is 0.338 e. The molecule has 16 heteroatoms. The number of esters is 2. The van der Waals surface area contributed by atoms with Crippen molar-refractivity contribution in [3.8, 4) is 36.2 Å². The molecule has 0 spiro atoms. The Hall–Kier alpha value is -8.38. The Kier molecular flexibility index (Phi) is 16.2. The molecular weight excluding hydrogens is 913 g/mol. The number of ether oxygens (including phenoxy) is 6. The van der Waals surface area contributed by atoms with Gasteiger partial charge in [0.15, 0.2) is 0 Å². The summed E-state index contributed by atoms with van der Waals surface area (Å²) >= 11 is 0. The molecule has 6 aromatic rings. The molecule has 2 aliphatic heterocycles. The molecule has 6 aromatic carbocycles. The quantitative estimate of drug-likeness (QED) is 0.0330. The number of carbonyl (C=O) groups is 6. The van der Waals surface area contributed by atoms with Crippen LogP contribution in [0, 0.1) is 24.7 Å². The first-order valence-electron chi connectivity index (χ1n) is 22.1. The van der Waals surface area contributed by atoms with Gasteiger partial charge in [-0.25, -0.2) is 19.4 Å². The minimum atomic E-state index is -1.14. The number of benzene rings is 6.